The van der Waals surface area contributed by atoms with Crippen LogP contribution in [0.25, 0.3) is 0 Å². The fourth-order valence-electron chi connectivity index (χ4n) is 4.62. The van der Waals surface area contributed by atoms with Gasteiger partial charge in [-0.2, -0.15) is 18.2 Å². The molecule has 3 amide bonds. The maximum atomic E-state index is 13.4. The summed E-state index contributed by atoms with van der Waals surface area (Å²) < 4.78 is 45.1. The molecular formula is C27H27F3N6O3. The molecule has 0 unspecified atom stereocenters. The average Bonchev–Trinajstić information content (AvgIpc) is 2.92. The van der Waals surface area contributed by atoms with E-state index in [1.54, 1.807) is 31.4 Å². The van der Waals surface area contributed by atoms with Gasteiger partial charge in [0.15, 0.2) is 0 Å². The molecule has 0 bridgehead atoms. The van der Waals surface area contributed by atoms with E-state index in [1.807, 2.05) is 6.92 Å². The number of urea groups is 1. The molecule has 2 aliphatic heterocycles. The maximum Gasteiger partial charge on any atom is 0.416 e. The molecule has 39 heavy (non-hydrogen) atoms. The van der Waals surface area contributed by atoms with Gasteiger partial charge in [-0.15, -0.1) is 0 Å². The van der Waals surface area contributed by atoms with Gasteiger partial charge in [-0.3, -0.25) is 14.6 Å². The van der Waals surface area contributed by atoms with Crippen LogP contribution in [-0.2, 0) is 12.7 Å². The monoisotopic (exact) mass is 540 g/mol. The lowest BCUT2D eigenvalue weighted by Gasteiger charge is -2.35. The highest BCUT2D eigenvalue weighted by molar-refractivity contribution is 6.07. The summed E-state index contributed by atoms with van der Waals surface area (Å²) in [5.74, 6) is -0.236. The Labute approximate surface area is 223 Å². The lowest BCUT2D eigenvalue weighted by Crippen LogP contribution is -2.46. The molecule has 3 heterocycles. The van der Waals surface area contributed by atoms with Crippen LogP contribution in [0.3, 0.4) is 0 Å². The van der Waals surface area contributed by atoms with Crippen LogP contribution in [0.15, 0.2) is 48.7 Å². The van der Waals surface area contributed by atoms with Crippen LogP contribution in [0.5, 0.6) is 6.01 Å². The summed E-state index contributed by atoms with van der Waals surface area (Å²) in [7, 11) is 1.61. The van der Waals surface area contributed by atoms with Crippen molar-refractivity contribution in [3.63, 3.8) is 0 Å². The number of alkyl halides is 3. The largest absolute Gasteiger partial charge is 0.460 e. The molecule has 0 atom stereocenters. The minimum absolute atomic E-state index is 0.0157. The molecule has 1 saturated heterocycles. The van der Waals surface area contributed by atoms with Crippen molar-refractivity contribution in [1.29, 1.82) is 0 Å². The number of nitrogens with one attached hydrogen (secondary N) is 2. The first-order valence-corrected chi connectivity index (χ1v) is 12.5. The molecule has 1 aromatic heterocycles. The Kier molecular flexibility index (Phi) is 7.13. The van der Waals surface area contributed by atoms with E-state index in [9.17, 15) is 22.8 Å². The van der Waals surface area contributed by atoms with Crippen LogP contribution in [-0.4, -0.2) is 48.1 Å². The lowest BCUT2D eigenvalue weighted by atomic mass is 10.1. The molecule has 0 spiro atoms. The number of amides is 3. The topological polar surface area (TPSA) is 99.7 Å². The van der Waals surface area contributed by atoms with Crippen molar-refractivity contribution in [2.45, 2.75) is 38.6 Å². The molecule has 2 N–H and O–H groups in total. The van der Waals surface area contributed by atoms with Gasteiger partial charge in [-0.1, -0.05) is 12.1 Å². The first-order chi connectivity index (χ1) is 18.6. The minimum atomic E-state index is -4.56. The number of rotatable bonds is 5. The van der Waals surface area contributed by atoms with Crippen molar-refractivity contribution < 1.29 is 27.5 Å². The average molecular weight is 541 g/mol. The van der Waals surface area contributed by atoms with E-state index in [0.717, 1.165) is 43.6 Å². The molecule has 2 aliphatic rings. The maximum absolute atomic E-state index is 13.4. The molecule has 0 saturated carbocycles. The molecule has 0 aliphatic carbocycles. The number of fused-ring (bicyclic) bond motifs is 1. The van der Waals surface area contributed by atoms with Crippen LogP contribution in [0.1, 0.15) is 39.9 Å². The van der Waals surface area contributed by atoms with Crippen LogP contribution in [0.2, 0.25) is 0 Å². The first-order valence-electron chi connectivity index (χ1n) is 12.5. The Balaban J connectivity index is 1.36. The van der Waals surface area contributed by atoms with E-state index < -0.39 is 17.6 Å². The van der Waals surface area contributed by atoms with E-state index in [-0.39, 0.29) is 30.3 Å². The summed E-state index contributed by atoms with van der Waals surface area (Å²) in [5.41, 5.74) is 1.31. The molecule has 0 radical (unpaired) electrons. The number of aryl methyl sites for hydroxylation is 1. The Hall–Kier alpha value is -4.19. The molecule has 3 aromatic rings. The molecule has 5 rings (SSSR count). The zero-order valence-electron chi connectivity index (χ0n) is 21.4. The summed E-state index contributed by atoms with van der Waals surface area (Å²) in [6, 6.07) is 9.06. The molecule has 2 aromatic carbocycles. The third-order valence-electron chi connectivity index (χ3n) is 6.75. The summed E-state index contributed by atoms with van der Waals surface area (Å²) >= 11 is 0. The van der Waals surface area contributed by atoms with Gasteiger partial charge in [0.2, 0.25) is 0 Å². The smallest absolute Gasteiger partial charge is 0.416 e. The van der Waals surface area contributed by atoms with Gasteiger partial charge in [0.1, 0.15) is 11.9 Å². The van der Waals surface area contributed by atoms with Crippen molar-refractivity contribution >= 4 is 29.1 Å². The normalized spacial score (nSPS) is 16.2. The van der Waals surface area contributed by atoms with Gasteiger partial charge in [-0.05, 0) is 68.8 Å². The number of aromatic nitrogens is 2. The second kappa shape index (κ2) is 10.5. The predicted octanol–water partition coefficient (Wildman–Crippen LogP) is 4.76. The summed E-state index contributed by atoms with van der Waals surface area (Å²) in [4.78, 5) is 37.9. The van der Waals surface area contributed by atoms with Gasteiger partial charge >= 0.3 is 18.2 Å². The fourth-order valence-corrected chi connectivity index (χ4v) is 4.62. The highest BCUT2D eigenvalue weighted by Gasteiger charge is 2.33. The second-order valence-electron chi connectivity index (χ2n) is 9.53. The first kappa shape index (κ1) is 26.4. The van der Waals surface area contributed by atoms with Crippen molar-refractivity contribution in [3.8, 4) is 6.01 Å². The highest BCUT2D eigenvalue weighted by Crippen LogP contribution is 2.34. The summed E-state index contributed by atoms with van der Waals surface area (Å²) in [6.45, 7) is 3.74. The van der Waals surface area contributed by atoms with Gasteiger partial charge < -0.3 is 15.4 Å². The Morgan fingerprint density at radius 3 is 2.67 bits per heavy atom. The number of anilines is 3. The fraction of sp³-hybridized carbons (Fsp3) is 0.333. The number of halogens is 3. The number of benzene rings is 2. The second-order valence-corrected chi connectivity index (χ2v) is 9.53. The van der Waals surface area contributed by atoms with Crippen LogP contribution in [0, 0.1) is 6.92 Å². The molecule has 1 fully saturated rings. The number of nitrogens with zero attached hydrogens (tertiary/aromatic N) is 4. The van der Waals surface area contributed by atoms with Gasteiger partial charge in [0.25, 0.3) is 5.91 Å². The van der Waals surface area contributed by atoms with Gasteiger partial charge in [0, 0.05) is 30.1 Å². The predicted molar refractivity (Wildman–Crippen MR) is 139 cm³/mol. The number of piperidine rings is 1. The van der Waals surface area contributed by atoms with Crippen LogP contribution >= 0.6 is 0 Å². The van der Waals surface area contributed by atoms with E-state index in [0.29, 0.717) is 22.8 Å². The van der Waals surface area contributed by atoms with E-state index in [2.05, 4.69) is 20.6 Å². The van der Waals surface area contributed by atoms with Crippen LogP contribution < -0.4 is 25.2 Å². The third-order valence-corrected chi connectivity index (χ3v) is 6.75. The van der Waals surface area contributed by atoms with E-state index in [1.165, 1.54) is 21.9 Å². The zero-order valence-corrected chi connectivity index (χ0v) is 21.4. The van der Waals surface area contributed by atoms with Gasteiger partial charge in [-0.25, -0.2) is 9.78 Å². The SMILES string of the molecule is Cc1ccc(NC(=O)c2cccc(C(F)(F)F)c2)cc1N1Cc2cnc(OC3CCNCC3)nc2N(C)C1=O. The number of hydrogen-bond donors (Lipinski definition) is 2. The van der Waals surface area contributed by atoms with Gasteiger partial charge in [0.05, 0.1) is 17.8 Å². The van der Waals surface area contributed by atoms with E-state index in [4.69, 9.17) is 4.74 Å². The number of ether oxygens (including phenoxy) is 1. The van der Waals surface area contributed by atoms with Crippen molar-refractivity contribution in [1.82, 2.24) is 15.3 Å². The number of carbonyl (C=O) groups excluding carboxylic acids is 2. The summed E-state index contributed by atoms with van der Waals surface area (Å²) in [6.07, 6.45) is -1.20. The Bertz CT molecular complexity index is 1410. The standard InChI is InChI=1S/C27H27F3N6O3/c1-16-6-7-20(33-24(37)17-4-3-5-19(12-17)27(28,29)30)13-22(16)36-15-18-14-32-25(34-23(18)35(2)26(36)38)39-21-8-10-31-11-9-21/h3-7,12-14,21,31H,8-11,15H2,1-2H3,(H,33,37). The third kappa shape index (κ3) is 5.65. The minimum Gasteiger partial charge on any atom is -0.460 e. The Morgan fingerprint density at radius 1 is 1.15 bits per heavy atom. The Morgan fingerprint density at radius 2 is 1.92 bits per heavy atom. The van der Waals surface area contributed by atoms with Crippen LogP contribution in [0.4, 0.5) is 35.2 Å². The molecule has 9 nitrogen and oxygen atoms in total. The number of hydrogen-bond acceptors (Lipinski definition) is 6. The lowest BCUT2D eigenvalue weighted by molar-refractivity contribution is -0.137. The molecule has 12 heteroatoms. The van der Waals surface area contributed by atoms with Crippen molar-refractivity contribution in [2.75, 3.05) is 35.3 Å². The zero-order chi connectivity index (χ0) is 27.7. The van der Waals surface area contributed by atoms with E-state index >= 15 is 0 Å². The highest BCUT2D eigenvalue weighted by atomic mass is 19.4. The van der Waals surface area contributed by atoms with Crippen molar-refractivity contribution in [3.05, 3.63) is 70.9 Å². The molecule has 204 valence electrons. The van der Waals surface area contributed by atoms with Crippen molar-refractivity contribution in [2.24, 2.45) is 0 Å². The number of carbonyl (C=O) groups is 2. The summed E-state index contributed by atoms with van der Waals surface area (Å²) in [5, 5.41) is 5.91. The molecular weight excluding hydrogens is 513 g/mol. The quantitative estimate of drug-likeness (QED) is 0.484.